The molecule has 1 fully saturated rings. The standard InChI is InChI=1S/C14H20N2O/c1-11(15)14(17)16-8-7-13(10-16)9-12-5-3-2-4-6-12/h2-6,11,13H,7-10,15H2,1H3/t11-,13?/m0/s1. The summed E-state index contributed by atoms with van der Waals surface area (Å²) in [5, 5.41) is 0. The fraction of sp³-hybridized carbons (Fsp3) is 0.500. The molecule has 0 aromatic heterocycles. The van der Waals surface area contributed by atoms with Crippen molar-refractivity contribution in [1.82, 2.24) is 4.90 Å². The summed E-state index contributed by atoms with van der Waals surface area (Å²) in [4.78, 5) is 13.6. The largest absolute Gasteiger partial charge is 0.341 e. The van der Waals surface area contributed by atoms with Crippen LogP contribution < -0.4 is 5.73 Å². The molecule has 2 N–H and O–H groups in total. The van der Waals surface area contributed by atoms with Crippen LogP contribution in [0.5, 0.6) is 0 Å². The van der Waals surface area contributed by atoms with Crippen LogP contribution in [0.4, 0.5) is 0 Å². The van der Waals surface area contributed by atoms with Gasteiger partial charge in [-0.25, -0.2) is 0 Å². The lowest BCUT2D eigenvalue weighted by molar-refractivity contribution is -0.131. The van der Waals surface area contributed by atoms with Crippen molar-refractivity contribution in [2.45, 2.75) is 25.8 Å². The highest BCUT2D eigenvalue weighted by atomic mass is 16.2. The average molecular weight is 232 g/mol. The van der Waals surface area contributed by atoms with E-state index < -0.39 is 0 Å². The number of carbonyl (C=O) groups is 1. The number of nitrogens with two attached hydrogens (primary N) is 1. The maximum atomic E-state index is 11.7. The van der Waals surface area contributed by atoms with E-state index in [1.165, 1.54) is 5.56 Å². The zero-order valence-electron chi connectivity index (χ0n) is 10.3. The molecule has 1 unspecified atom stereocenters. The van der Waals surface area contributed by atoms with E-state index in [1.807, 2.05) is 11.0 Å². The summed E-state index contributed by atoms with van der Waals surface area (Å²) in [7, 11) is 0. The first-order chi connectivity index (χ1) is 8.16. The molecule has 1 aromatic carbocycles. The lowest BCUT2D eigenvalue weighted by Crippen LogP contribution is -2.40. The van der Waals surface area contributed by atoms with Crippen molar-refractivity contribution in [1.29, 1.82) is 0 Å². The van der Waals surface area contributed by atoms with Crippen LogP contribution in [0.2, 0.25) is 0 Å². The molecule has 1 aromatic rings. The smallest absolute Gasteiger partial charge is 0.239 e. The van der Waals surface area contributed by atoms with Crippen LogP contribution in [0, 0.1) is 5.92 Å². The molecule has 17 heavy (non-hydrogen) atoms. The SMILES string of the molecule is C[C@H](N)C(=O)N1CCC(Cc2ccccc2)C1. The molecule has 1 aliphatic rings. The van der Waals surface area contributed by atoms with Gasteiger partial charge in [0.25, 0.3) is 0 Å². The van der Waals surface area contributed by atoms with Crippen LogP contribution in [0.25, 0.3) is 0 Å². The van der Waals surface area contributed by atoms with Crippen molar-refractivity contribution in [2.75, 3.05) is 13.1 Å². The van der Waals surface area contributed by atoms with Crippen LogP contribution in [-0.4, -0.2) is 29.9 Å². The fourth-order valence-corrected chi connectivity index (χ4v) is 2.43. The molecule has 3 heteroatoms. The molecule has 1 amide bonds. The van der Waals surface area contributed by atoms with Crippen molar-refractivity contribution < 1.29 is 4.79 Å². The summed E-state index contributed by atoms with van der Waals surface area (Å²) >= 11 is 0. The normalized spacial score (nSPS) is 21.5. The minimum atomic E-state index is -0.370. The van der Waals surface area contributed by atoms with Gasteiger partial charge >= 0.3 is 0 Å². The zero-order valence-corrected chi connectivity index (χ0v) is 10.3. The molecule has 0 aliphatic carbocycles. The van der Waals surface area contributed by atoms with E-state index in [4.69, 9.17) is 5.73 Å². The van der Waals surface area contributed by atoms with E-state index in [-0.39, 0.29) is 11.9 Å². The summed E-state index contributed by atoms with van der Waals surface area (Å²) in [6.45, 7) is 3.47. The molecule has 1 heterocycles. The predicted molar refractivity (Wildman–Crippen MR) is 68.5 cm³/mol. The lowest BCUT2D eigenvalue weighted by Gasteiger charge is -2.18. The van der Waals surface area contributed by atoms with Gasteiger partial charge in [-0.2, -0.15) is 0 Å². The van der Waals surface area contributed by atoms with Crippen molar-refractivity contribution in [2.24, 2.45) is 11.7 Å². The van der Waals surface area contributed by atoms with Gasteiger partial charge < -0.3 is 10.6 Å². The van der Waals surface area contributed by atoms with E-state index in [0.29, 0.717) is 5.92 Å². The Morgan fingerprint density at radius 1 is 1.47 bits per heavy atom. The van der Waals surface area contributed by atoms with Gasteiger partial charge in [0.1, 0.15) is 0 Å². The number of rotatable bonds is 3. The first-order valence-corrected chi connectivity index (χ1v) is 6.25. The number of benzene rings is 1. The number of carbonyl (C=O) groups excluding carboxylic acids is 1. The quantitative estimate of drug-likeness (QED) is 0.857. The van der Waals surface area contributed by atoms with Crippen LogP contribution >= 0.6 is 0 Å². The van der Waals surface area contributed by atoms with Gasteiger partial charge in [-0.05, 0) is 31.2 Å². The van der Waals surface area contributed by atoms with E-state index in [0.717, 1.165) is 25.9 Å². The first-order valence-electron chi connectivity index (χ1n) is 6.25. The molecule has 1 saturated heterocycles. The third-order valence-electron chi connectivity index (χ3n) is 3.35. The van der Waals surface area contributed by atoms with Gasteiger partial charge in [0, 0.05) is 13.1 Å². The molecule has 2 atom stereocenters. The van der Waals surface area contributed by atoms with Crippen LogP contribution in [0.1, 0.15) is 18.9 Å². The Morgan fingerprint density at radius 2 is 2.18 bits per heavy atom. The molecule has 1 aliphatic heterocycles. The Kier molecular flexibility index (Phi) is 3.79. The maximum absolute atomic E-state index is 11.7. The molecule has 2 rings (SSSR count). The Hall–Kier alpha value is -1.35. The van der Waals surface area contributed by atoms with Crippen molar-refractivity contribution >= 4 is 5.91 Å². The maximum Gasteiger partial charge on any atom is 0.239 e. The highest BCUT2D eigenvalue weighted by molar-refractivity contribution is 5.81. The Labute approximate surface area is 103 Å². The van der Waals surface area contributed by atoms with E-state index in [2.05, 4.69) is 24.3 Å². The fourth-order valence-electron chi connectivity index (χ4n) is 2.43. The van der Waals surface area contributed by atoms with Crippen molar-refractivity contribution in [3.63, 3.8) is 0 Å². The predicted octanol–water partition coefficient (Wildman–Crippen LogP) is 1.42. The summed E-state index contributed by atoms with van der Waals surface area (Å²) in [6, 6.07) is 10.1. The van der Waals surface area contributed by atoms with Gasteiger partial charge in [0.2, 0.25) is 5.91 Å². The molecule has 0 bridgehead atoms. The zero-order chi connectivity index (χ0) is 12.3. The third-order valence-corrected chi connectivity index (χ3v) is 3.35. The number of likely N-dealkylation sites (tertiary alicyclic amines) is 1. The molecule has 0 saturated carbocycles. The van der Waals surface area contributed by atoms with Gasteiger partial charge in [-0.1, -0.05) is 30.3 Å². The molecule has 0 radical (unpaired) electrons. The number of hydrogen-bond acceptors (Lipinski definition) is 2. The number of hydrogen-bond donors (Lipinski definition) is 1. The van der Waals surface area contributed by atoms with Crippen molar-refractivity contribution in [3.05, 3.63) is 35.9 Å². The molecular formula is C14H20N2O. The van der Waals surface area contributed by atoms with Gasteiger partial charge in [0.05, 0.1) is 6.04 Å². The minimum absolute atomic E-state index is 0.0839. The first kappa shape index (κ1) is 12.1. The second-order valence-electron chi connectivity index (χ2n) is 4.92. The van der Waals surface area contributed by atoms with Crippen LogP contribution in [0.15, 0.2) is 30.3 Å². The average Bonchev–Trinajstić information content (AvgIpc) is 2.77. The lowest BCUT2D eigenvalue weighted by atomic mass is 9.99. The molecule has 92 valence electrons. The summed E-state index contributed by atoms with van der Waals surface area (Å²) in [5.74, 6) is 0.667. The number of nitrogens with zero attached hydrogens (tertiary/aromatic N) is 1. The van der Waals surface area contributed by atoms with Crippen LogP contribution in [-0.2, 0) is 11.2 Å². The number of amides is 1. The molecular weight excluding hydrogens is 212 g/mol. The highest BCUT2D eigenvalue weighted by Gasteiger charge is 2.27. The minimum Gasteiger partial charge on any atom is -0.341 e. The molecule has 3 nitrogen and oxygen atoms in total. The molecule has 0 spiro atoms. The second kappa shape index (κ2) is 5.32. The Balaban J connectivity index is 1.88. The summed E-state index contributed by atoms with van der Waals surface area (Å²) < 4.78 is 0. The Morgan fingerprint density at radius 3 is 2.82 bits per heavy atom. The van der Waals surface area contributed by atoms with E-state index in [1.54, 1.807) is 6.92 Å². The van der Waals surface area contributed by atoms with Crippen molar-refractivity contribution in [3.8, 4) is 0 Å². The van der Waals surface area contributed by atoms with Crippen LogP contribution in [0.3, 0.4) is 0 Å². The van der Waals surface area contributed by atoms with Gasteiger partial charge in [-0.3, -0.25) is 4.79 Å². The Bertz CT molecular complexity index is 375. The highest BCUT2D eigenvalue weighted by Crippen LogP contribution is 2.21. The summed E-state index contributed by atoms with van der Waals surface area (Å²) in [6.07, 6.45) is 2.15. The second-order valence-corrected chi connectivity index (χ2v) is 4.92. The third kappa shape index (κ3) is 3.07. The topological polar surface area (TPSA) is 46.3 Å². The monoisotopic (exact) mass is 232 g/mol. The van der Waals surface area contributed by atoms with E-state index >= 15 is 0 Å². The van der Waals surface area contributed by atoms with Gasteiger partial charge in [-0.15, -0.1) is 0 Å². The summed E-state index contributed by atoms with van der Waals surface area (Å²) in [5.41, 5.74) is 6.98. The van der Waals surface area contributed by atoms with E-state index in [9.17, 15) is 4.79 Å². The van der Waals surface area contributed by atoms with Gasteiger partial charge in [0.15, 0.2) is 0 Å².